The topological polar surface area (TPSA) is 93.8 Å². The number of carbonyl (C=O) groups is 1. The molecule has 1 aromatic rings. The summed E-state index contributed by atoms with van der Waals surface area (Å²) in [7, 11) is 0. The molecule has 0 aromatic heterocycles. The first-order valence-electron chi connectivity index (χ1n) is 5.19. The van der Waals surface area contributed by atoms with Crippen molar-refractivity contribution < 1.29 is 19.4 Å². The van der Waals surface area contributed by atoms with Gasteiger partial charge in [-0.05, 0) is 11.6 Å². The maximum absolute atomic E-state index is 11.1. The molecule has 6 nitrogen and oxygen atoms in total. The van der Waals surface area contributed by atoms with Crippen molar-refractivity contribution in [3.05, 3.63) is 17.7 Å². The minimum Gasteiger partial charge on any atom is -0.454 e. The number of anilines is 1. The van der Waals surface area contributed by atoms with Gasteiger partial charge in [-0.2, -0.15) is 0 Å². The molecule has 6 heteroatoms. The first-order chi connectivity index (χ1) is 8.11. The molecule has 0 spiro atoms. The lowest BCUT2D eigenvalue weighted by Crippen LogP contribution is -2.18. The van der Waals surface area contributed by atoms with Gasteiger partial charge in [-0.25, -0.2) is 0 Å². The largest absolute Gasteiger partial charge is 0.454 e. The van der Waals surface area contributed by atoms with Gasteiger partial charge in [-0.1, -0.05) is 0 Å². The van der Waals surface area contributed by atoms with Crippen LogP contribution >= 0.6 is 0 Å². The highest BCUT2D eigenvalue weighted by molar-refractivity contribution is 5.90. The van der Waals surface area contributed by atoms with Gasteiger partial charge in [0.05, 0.1) is 12.6 Å². The second kappa shape index (κ2) is 4.60. The SMILES string of the molecule is CC(=O)Nc1cc2c(cc1[C@H](N)CO)OCO2. The smallest absolute Gasteiger partial charge is 0.231 e. The zero-order valence-corrected chi connectivity index (χ0v) is 9.40. The van der Waals surface area contributed by atoms with Crippen LogP contribution in [0.25, 0.3) is 0 Å². The lowest BCUT2D eigenvalue weighted by Gasteiger charge is -2.15. The molecule has 2 rings (SSSR count). The Balaban J connectivity index is 2.43. The predicted octanol–water partition coefficient (Wildman–Crippen LogP) is 0.366. The van der Waals surface area contributed by atoms with Crippen molar-refractivity contribution in [2.75, 3.05) is 18.7 Å². The molecule has 0 unspecified atom stereocenters. The summed E-state index contributed by atoms with van der Waals surface area (Å²) in [6.45, 7) is 1.33. The van der Waals surface area contributed by atoms with E-state index in [0.717, 1.165) is 0 Å². The van der Waals surface area contributed by atoms with Gasteiger partial charge in [-0.3, -0.25) is 4.79 Å². The number of hydrogen-bond donors (Lipinski definition) is 3. The van der Waals surface area contributed by atoms with Crippen LogP contribution in [0.3, 0.4) is 0 Å². The number of carbonyl (C=O) groups excluding carboxylic acids is 1. The van der Waals surface area contributed by atoms with Crippen molar-refractivity contribution in [2.24, 2.45) is 5.73 Å². The van der Waals surface area contributed by atoms with E-state index >= 15 is 0 Å². The molecule has 1 aliphatic heterocycles. The molecule has 1 aromatic carbocycles. The van der Waals surface area contributed by atoms with Crippen LogP contribution in [-0.2, 0) is 4.79 Å². The van der Waals surface area contributed by atoms with Gasteiger partial charge >= 0.3 is 0 Å². The summed E-state index contributed by atoms with van der Waals surface area (Å²) in [4.78, 5) is 11.1. The number of nitrogens with two attached hydrogens (primary N) is 1. The lowest BCUT2D eigenvalue weighted by atomic mass is 10.0. The van der Waals surface area contributed by atoms with Crippen molar-refractivity contribution >= 4 is 11.6 Å². The van der Waals surface area contributed by atoms with E-state index in [-0.39, 0.29) is 19.3 Å². The number of nitrogens with one attached hydrogen (secondary N) is 1. The summed E-state index contributed by atoms with van der Waals surface area (Å²) in [5.74, 6) is 0.913. The van der Waals surface area contributed by atoms with Gasteiger partial charge in [0.15, 0.2) is 11.5 Å². The van der Waals surface area contributed by atoms with E-state index in [1.165, 1.54) is 6.92 Å². The molecular formula is C11H14N2O4. The average Bonchev–Trinajstić information content (AvgIpc) is 2.73. The molecule has 0 bridgehead atoms. The molecule has 4 N–H and O–H groups in total. The highest BCUT2D eigenvalue weighted by atomic mass is 16.7. The standard InChI is InChI=1S/C11H14N2O4/c1-6(15)13-9-3-11-10(16-5-17-11)2-7(9)8(12)4-14/h2-3,8,14H,4-5,12H2,1H3,(H,13,15)/t8-/m1/s1. The lowest BCUT2D eigenvalue weighted by molar-refractivity contribution is -0.114. The summed E-state index contributed by atoms with van der Waals surface area (Å²) in [6.07, 6.45) is 0. The predicted molar refractivity (Wildman–Crippen MR) is 60.9 cm³/mol. The molecule has 0 saturated heterocycles. The summed E-state index contributed by atoms with van der Waals surface area (Å²) >= 11 is 0. The number of aliphatic hydroxyl groups is 1. The number of benzene rings is 1. The molecular weight excluding hydrogens is 224 g/mol. The first kappa shape index (κ1) is 11.7. The third-order valence-corrected chi connectivity index (χ3v) is 2.45. The number of hydrogen-bond acceptors (Lipinski definition) is 5. The number of amides is 1. The van der Waals surface area contributed by atoms with Crippen molar-refractivity contribution in [2.45, 2.75) is 13.0 Å². The third-order valence-electron chi connectivity index (χ3n) is 2.45. The van der Waals surface area contributed by atoms with E-state index in [2.05, 4.69) is 5.32 Å². The number of fused-ring (bicyclic) bond motifs is 1. The third kappa shape index (κ3) is 2.32. The van der Waals surface area contributed by atoms with Crippen molar-refractivity contribution in [3.63, 3.8) is 0 Å². The van der Waals surface area contributed by atoms with Crippen LogP contribution in [0.2, 0.25) is 0 Å². The molecule has 0 radical (unpaired) electrons. The van der Waals surface area contributed by atoms with E-state index in [0.29, 0.717) is 22.7 Å². The van der Waals surface area contributed by atoms with Crippen LogP contribution in [0.15, 0.2) is 12.1 Å². The minimum absolute atomic E-state index is 0.145. The van der Waals surface area contributed by atoms with Crippen LogP contribution in [0.5, 0.6) is 11.5 Å². The zero-order chi connectivity index (χ0) is 12.4. The second-order valence-electron chi connectivity index (χ2n) is 3.76. The molecule has 1 amide bonds. The monoisotopic (exact) mass is 238 g/mol. The highest BCUT2D eigenvalue weighted by Gasteiger charge is 2.20. The molecule has 1 heterocycles. The van der Waals surface area contributed by atoms with Crippen molar-refractivity contribution in [3.8, 4) is 11.5 Å². The maximum Gasteiger partial charge on any atom is 0.231 e. The Morgan fingerprint density at radius 1 is 1.53 bits per heavy atom. The summed E-state index contributed by atoms with van der Waals surface area (Å²) in [5.41, 5.74) is 6.92. The Morgan fingerprint density at radius 3 is 2.76 bits per heavy atom. The number of rotatable bonds is 3. The zero-order valence-electron chi connectivity index (χ0n) is 9.40. The second-order valence-corrected chi connectivity index (χ2v) is 3.76. The van der Waals surface area contributed by atoms with Crippen LogP contribution in [0.4, 0.5) is 5.69 Å². The molecule has 17 heavy (non-hydrogen) atoms. The summed E-state index contributed by atoms with van der Waals surface area (Å²) in [6, 6.07) is 2.75. The van der Waals surface area contributed by atoms with Crippen molar-refractivity contribution in [1.29, 1.82) is 0 Å². The van der Waals surface area contributed by atoms with Gasteiger partial charge in [0.25, 0.3) is 0 Å². The summed E-state index contributed by atoms with van der Waals surface area (Å²) in [5, 5.41) is 11.7. The van der Waals surface area contributed by atoms with Gasteiger partial charge in [0, 0.05) is 18.7 Å². The average molecular weight is 238 g/mol. The molecule has 0 aliphatic carbocycles. The van der Waals surface area contributed by atoms with Gasteiger partial charge < -0.3 is 25.6 Å². The quantitative estimate of drug-likeness (QED) is 0.707. The van der Waals surface area contributed by atoms with Crippen LogP contribution in [-0.4, -0.2) is 24.4 Å². The fourth-order valence-corrected chi connectivity index (χ4v) is 1.66. The molecule has 0 fully saturated rings. The van der Waals surface area contributed by atoms with Crippen LogP contribution in [0, 0.1) is 0 Å². The van der Waals surface area contributed by atoms with E-state index < -0.39 is 6.04 Å². The number of aliphatic hydroxyl groups excluding tert-OH is 1. The van der Waals surface area contributed by atoms with Gasteiger partial charge in [-0.15, -0.1) is 0 Å². The molecule has 0 saturated carbocycles. The number of ether oxygens (including phenoxy) is 2. The van der Waals surface area contributed by atoms with E-state index in [4.69, 9.17) is 20.3 Å². The maximum atomic E-state index is 11.1. The molecule has 92 valence electrons. The molecule has 1 atom stereocenters. The van der Waals surface area contributed by atoms with Crippen molar-refractivity contribution in [1.82, 2.24) is 0 Å². The fourth-order valence-electron chi connectivity index (χ4n) is 1.66. The summed E-state index contributed by atoms with van der Waals surface area (Å²) < 4.78 is 10.4. The van der Waals surface area contributed by atoms with Crippen LogP contribution in [0.1, 0.15) is 18.5 Å². The highest BCUT2D eigenvalue weighted by Crippen LogP contribution is 2.38. The Bertz CT molecular complexity index is 447. The Hall–Kier alpha value is -1.79. The minimum atomic E-state index is -0.577. The molecule has 1 aliphatic rings. The Labute approximate surface area is 98.3 Å². The Kier molecular flexibility index (Phi) is 3.16. The van der Waals surface area contributed by atoms with Crippen LogP contribution < -0.4 is 20.5 Å². The first-order valence-corrected chi connectivity index (χ1v) is 5.19. The van der Waals surface area contributed by atoms with E-state index in [1.807, 2.05) is 0 Å². The van der Waals surface area contributed by atoms with Gasteiger partial charge in [0.2, 0.25) is 12.7 Å². The Morgan fingerprint density at radius 2 is 2.18 bits per heavy atom. The van der Waals surface area contributed by atoms with E-state index in [1.54, 1.807) is 12.1 Å². The van der Waals surface area contributed by atoms with Gasteiger partial charge in [0.1, 0.15) is 0 Å². The van der Waals surface area contributed by atoms with E-state index in [9.17, 15) is 4.79 Å². The fraction of sp³-hybridized carbons (Fsp3) is 0.364. The normalized spacial score (nSPS) is 14.5.